The van der Waals surface area contributed by atoms with Crippen LogP contribution in [0.3, 0.4) is 0 Å². The maximum atomic E-state index is 9.96. The molecule has 1 fully saturated rings. The van der Waals surface area contributed by atoms with Crippen molar-refractivity contribution in [2.24, 2.45) is 0 Å². The van der Waals surface area contributed by atoms with Gasteiger partial charge < -0.3 is 10.1 Å². The first kappa shape index (κ1) is 6.71. The van der Waals surface area contributed by atoms with Crippen LogP contribution in [0.2, 0.25) is 0 Å². The van der Waals surface area contributed by atoms with Gasteiger partial charge in [-0.3, -0.25) is 4.90 Å². The van der Waals surface area contributed by atoms with Crippen molar-refractivity contribution >= 4 is 6.29 Å². The summed E-state index contributed by atoms with van der Waals surface area (Å²) in [5, 5.41) is 3.20. The van der Waals surface area contributed by atoms with Crippen LogP contribution in [0.25, 0.3) is 0 Å². The molecule has 1 saturated heterocycles. The summed E-state index contributed by atoms with van der Waals surface area (Å²) in [5.74, 6) is 0. The van der Waals surface area contributed by atoms with E-state index in [0.29, 0.717) is 0 Å². The van der Waals surface area contributed by atoms with Crippen LogP contribution in [-0.2, 0) is 4.79 Å². The van der Waals surface area contributed by atoms with Gasteiger partial charge >= 0.3 is 0 Å². The van der Waals surface area contributed by atoms with Crippen LogP contribution in [0.1, 0.15) is 0 Å². The van der Waals surface area contributed by atoms with Crippen LogP contribution in [0.5, 0.6) is 0 Å². The van der Waals surface area contributed by atoms with Gasteiger partial charge in [-0.25, -0.2) is 0 Å². The lowest BCUT2D eigenvalue weighted by Crippen LogP contribution is -2.42. The molecule has 3 nitrogen and oxygen atoms in total. The molecule has 0 aromatic carbocycles. The molecule has 0 unspecified atom stereocenters. The van der Waals surface area contributed by atoms with Gasteiger partial charge in [-0.2, -0.15) is 0 Å². The zero-order valence-corrected chi connectivity index (χ0v) is 5.34. The van der Waals surface area contributed by atoms with E-state index in [1.165, 1.54) is 0 Å². The van der Waals surface area contributed by atoms with Gasteiger partial charge in [0.2, 0.25) is 0 Å². The van der Waals surface area contributed by atoms with Crippen LogP contribution < -0.4 is 5.32 Å². The minimum absolute atomic E-state index is 0.839. The van der Waals surface area contributed by atoms with Gasteiger partial charge in [-0.05, 0) is 0 Å². The highest BCUT2D eigenvalue weighted by atomic mass is 16.1. The normalized spacial score (nSPS) is 21.8. The molecule has 1 N–H and O–H groups in total. The molecule has 0 spiro atoms. The molecule has 1 heterocycles. The Bertz CT molecular complexity index is 89.1. The largest absolute Gasteiger partial charge is 0.314 e. The molecule has 0 aromatic rings. The Hall–Kier alpha value is -0.410. The predicted octanol–water partition coefficient (Wildman–Crippen LogP) is -0.748. The summed E-state index contributed by atoms with van der Waals surface area (Å²) in [7, 11) is 0. The van der Waals surface area contributed by atoms with E-state index in [9.17, 15) is 4.79 Å². The van der Waals surface area contributed by atoms with E-state index in [-0.39, 0.29) is 0 Å². The van der Waals surface area contributed by atoms with Crippen LogP contribution in [0, 0.1) is 6.54 Å². The van der Waals surface area contributed by atoms with E-state index in [4.69, 9.17) is 0 Å². The number of nitrogens with zero attached hydrogens (tertiary/aromatic N) is 1. The summed E-state index contributed by atoms with van der Waals surface area (Å²) in [6.45, 7) is 5.49. The molecule has 9 heavy (non-hydrogen) atoms. The van der Waals surface area contributed by atoms with Crippen molar-refractivity contribution in [3.05, 3.63) is 6.54 Å². The number of aldehydes is 1. The van der Waals surface area contributed by atoms with Crippen LogP contribution >= 0.6 is 0 Å². The molecule has 1 aliphatic heterocycles. The van der Waals surface area contributed by atoms with Crippen molar-refractivity contribution in [2.75, 3.05) is 26.2 Å². The average molecular weight is 127 g/mol. The van der Waals surface area contributed by atoms with Crippen LogP contribution in [0.15, 0.2) is 0 Å². The number of carbonyl (C=O) groups is 1. The molecule has 1 rings (SSSR count). The van der Waals surface area contributed by atoms with E-state index < -0.39 is 0 Å². The van der Waals surface area contributed by atoms with Gasteiger partial charge in [-0.1, -0.05) is 0 Å². The second-order valence-corrected chi connectivity index (χ2v) is 2.07. The van der Waals surface area contributed by atoms with Crippen molar-refractivity contribution in [1.29, 1.82) is 0 Å². The fourth-order valence-corrected chi connectivity index (χ4v) is 0.917. The lowest BCUT2D eigenvalue weighted by Gasteiger charge is -2.24. The molecule has 0 atom stereocenters. The average Bonchev–Trinajstić information content (AvgIpc) is 1.91. The van der Waals surface area contributed by atoms with Gasteiger partial charge in [0.05, 0.1) is 6.54 Å². The third-order valence-corrected chi connectivity index (χ3v) is 1.42. The van der Waals surface area contributed by atoms with E-state index in [1.54, 1.807) is 6.54 Å². The summed E-state index contributed by atoms with van der Waals surface area (Å²) in [5.41, 5.74) is 0. The molecule has 0 amide bonds. The molecule has 3 heteroatoms. The molecule has 1 aliphatic rings. The molecule has 0 aliphatic carbocycles. The molecule has 1 radical (unpaired) electrons. The van der Waals surface area contributed by atoms with Gasteiger partial charge in [0.25, 0.3) is 0 Å². The maximum Gasteiger partial charge on any atom is 0.139 e. The van der Waals surface area contributed by atoms with E-state index in [1.807, 2.05) is 4.90 Å². The van der Waals surface area contributed by atoms with Gasteiger partial charge in [0.15, 0.2) is 0 Å². The number of hydrogen-bond acceptors (Lipinski definition) is 3. The number of piperazine rings is 1. The quantitative estimate of drug-likeness (QED) is 0.495. The Morgan fingerprint density at radius 1 is 1.33 bits per heavy atom. The lowest BCUT2D eigenvalue weighted by molar-refractivity contribution is -0.106. The van der Waals surface area contributed by atoms with Gasteiger partial charge in [-0.15, -0.1) is 0 Å². The van der Waals surface area contributed by atoms with E-state index in [0.717, 1.165) is 32.5 Å². The number of hydrogen-bond donors (Lipinski definition) is 1. The molecular formula is C6H11N2O. The van der Waals surface area contributed by atoms with E-state index in [2.05, 4.69) is 5.32 Å². The smallest absolute Gasteiger partial charge is 0.139 e. The maximum absolute atomic E-state index is 9.96. The molecular weight excluding hydrogens is 116 g/mol. The SMILES string of the molecule is O=C[CH]N1CCNCC1. The number of nitrogens with one attached hydrogen (secondary N) is 1. The first-order valence-electron chi connectivity index (χ1n) is 3.17. The summed E-state index contributed by atoms with van der Waals surface area (Å²) in [6, 6.07) is 0. The van der Waals surface area contributed by atoms with Gasteiger partial charge in [0, 0.05) is 26.2 Å². The summed E-state index contributed by atoms with van der Waals surface area (Å²) in [6.07, 6.45) is 0.839. The first-order valence-corrected chi connectivity index (χ1v) is 3.17. The summed E-state index contributed by atoms with van der Waals surface area (Å²) >= 11 is 0. The van der Waals surface area contributed by atoms with Gasteiger partial charge in [0.1, 0.15) is 6.29 Å². The minimum Gasteiger partial charge on any atom is -0.314 e. The van der Waals surface area contributed by atoms with Crippen molar-refractivity contribution in [3.63, 3.8) is 0 Å². The fraction of sp³-hybridized carbons (Fsp3) is 0.667. The topological polar surface area (TPSA) is 32.3 Å². The minimum atomic E-state index is 0.839. The predicted molar refractivity (Wildman–Crippen MR) is 34.8 cm³/mol. The van der Waals surface area contributed by atoms with Crippen LogP contribution in [0.4, 0.5) is 0 Å². The molecule has 0 bridgehead atoms. The summed E-state index contributed by atoms with van der Waals surface area (Å²) in [4.78, 5) is 12.0. The number of carbonyl (C=O) groups excluding carboxylic acids is 1. The van der Waals surface area contributed by atoms with Crippen molar-refractivity contribution < 1.29 is 4.79 Å². The highest BCUT2D eigenvalue weighted by Crippen LogP contribution is 1.91. The second kappa shape index (κ2) is 3.58. The standard InChI is InChI=1S/C6H11N2O/c9-6-5-8-3-1-7-2-4-8/h5-7H,1-4H2. The zero-order chi connectivity index (χ0) is 6.53. The second-order valence-electron chi connectivity index (χ2n) is 2.07. The van der Waals surface area contributed by atoms with Crippen molar-refractivity contribution in [3.8, 4) is 0 Å². The Kier molecular flexibility index (Phi) is 2.67. The van der Waals surface area contributed by atoms with Crippen LogP contribution in [-0.4, -0.2) is 37.4 Å². The molecule has 0 aromatic heterocycles. The molecule has 51 valence electrons. The lowest BCUT2D eigenvalue weighted by atomic mass is 10.4. The van der Waals surface area contributed by atoms with Crippen molar-refractivity contribution in [1.82, 2.24) is 10.2 Å². The Morgan fingerprint density at radius 2 is 2.00 bits per heavy atom. The Labute approximate surface area is 55.0 Å². The fourth-order valence-electron chi connectivity index (χ4n) is 0.917. The Morgan fingerprint density at radius 3 is 2.56 bits per heavy atom. The third kappa shape index (κ3) is 2.11. The van der Waals surface area contributed by atoms with Crippen molar-refractivity contribution in [2.45, 2.75) is 0 Å². The zero-order valence-electron chi connectivity index (χ0n) is 5.34. The Balaban J connectivity index is 2.15. The highest BCUT2D eigenvalue weighted by molar-refractivity contribution is 5.60. The summed E-state index contributed by atoms with van der Waals surface area (Å²) < 4.78 is 0. The third-order valence-electron chi connectivity index (χ3n) is 1.42. The molecule has 0 saturated carbocycles. The first-order chi connectivity index (χ1) is 4.43. The number of rotatable bonds is 2. The monoisotopic (exact) mass is 127 g/mol. The highest BCUT2D eigenvalue weighted by Gasteiger charge is 2.07. The van der Waals surface area contributed by atoms with E-state index >= 15 is 0 Å².